The van der Waals surface area contributed by atoms with E-state index in [1.807, 2.05) is 12.1 Å². The Morgan fingerprint density at radius 1 is 0.906 bits per heavy atom. The zero-order valence-corrected chi connectivity index (χ0v) is 21.4. The highest BCUT2D eigenvalue weighted by Crippen LogP contribution is 2.37. The van der Waals surface area contributed by atoms with Gasteiger partial charge in [0.2, 0.25) is 0 Å². The lowest BCUT2D eigenvalue weighted by atomic mass is 9.74. The van der Waals surface area contributed by atoms with Gasteiger partial charge in [-0.1, -0.05) is 23.8 Å². The lowest BCUT2D eigenvalue weighted by Gasteiger charge is -2.32. The van der Waals surface area contributed by atoms with Crippen LogP contribution in [0, 0.1) is 20.8 Å². The molecule has 1 heterocycles. The third-order valence-electron chi connectivity index (χ3n) is 6.51. The van der Waals surface area contributed by atoms with Gasteiger partial charge >= 0.3 is 7.12 Å². The average molecular weight is 458 g/mol. The molecule has 174 valence electrons. The smallest absolute Gasteiger partial charge is 0.494 e. The van der Waals surface area contributed by atoms with Crippen molar-refractivity contribution in [1.82, 2.24) is 0 Å². The molecule has 7 heteroatoms. The van der Waals surface area contributed by atoms with Crippen LogP contribution < -0.4 is 10.2 Å². The Labute approximate surface area is 193 Å². The first-order valence-corrected chi connectivity index (χ1v) is 13.1. The zero-order chi connectivity index (χ0) is 23.9. The second-order valence-corrected chi connectivity index (χ2v) is 12.2. The first kappa shape index (κ1) is 24.8. The Hall–Kier alpha value is -1.83. The predicted octanol–water partition coefficient (Wildman–Crippen LogP) is 4.39. The molecule has 0 atom stereocenters. The van der Waals surface area contributed by atoms with E-state index in [1.54, 1.807) is 0 Å². The molecule has 3 rings (SSSR count). The van der Waals surface area contributed by atoms with Gasteiger partial charge < -0.3 is 14.0 Å². The third kappa shape index (κ3) is 5.38. The van der Waals surface area contributed by atoms with Crippen LogP contribution in [0.1, 0.15) is 50.8 Å². The predicted molar refractivity (Wildman–Crippen MR) is 132 cm³/mol. The van der Waals surface area contributed by atoms with E-state index in [-0.39, 0.29) is 17.0 Å². The molecular weight excluding hydrogens is 423 g/mol. The minimum Gasteiger partial charge on any atom is -0.494 e. The molecule has 0 aliphatic carbocycles. The maximum absolute atomic E-state index is 11.3. The van der Waals surface area contributed by atoms with Crippen LogP contribution in [0.5, 0.6) is 5.75 Å². The van der Waals surface area contributed by atoms with Crippen molar-refractivity contribution >= 4 is 22.4 Å². The molecule has 1 saturated heterocycles. The summed E-state index contributed by atoms with van der Waals surface area (Å²) in [5.74, 6) is 0.893. The Bertz CT molecular complexity index is 1070. The fraction of sp³-hybridized carbons (Fsp3) is 0.520. The summed E-state index contributed by atoms with van der Waals surface area (Å²) in [5.41, 5.74) is 5.88. The third-order valence-corrected chi connectivity index (χ3v) is 7.54. The number of hydrogen-bond donors (Lipinski definition) is 0. The van der Waals surface area contributed by atoms with E-state index in [4.69, 9.17) is 14.0 Å². The van der Waals surface area contributed by atoms with Gasteiger partial charge in [-0.3, -0.25) is 0 Å². The molecule has 0 bridgehead atoms. The van der Waals surface area contributed by atoms with Gasteiger partial charge in [0.1, 0.15) is 15.6 Å². The van der Waals surface area contributed by atoms with E-state index >= 15 is 0 Å². The molecule has 1 aliphatic rings. The maximum Gasteiger partial charge on any atom is 0.495 e. The quantitative estimate of drug-likeness (QED) is 0.455. The Balaban J connectivity index is 1.85. The van der Waals surface area contributed by atoms with E-state index in [0.717, 1.165) is 39.0 Å². The minimum atomic E-state index is -2.97. The van der Waals surface area contributed by atoms with Crippen molar-refractivity contribution in [2.24, 2.45) is 0 Å². The summed E-state index contributed by atoms with van der Waals surface area (Å²) in [4.78, 5) is 0. The molecule has 0 spiro atoms. The summed E-state index contributed by atoms with van der Waals surface area (Å²) in [6.45, 7) is 14.9. The van der Waals surface area contributed by atoms with Gasteiger partial charge in [0.05, 0.1) is 23.6 Å². The Morgan fingerprint density at radius 2 is 1.47 bits per heavy atom. The summed E-state index contributed by atoms with van der Waals surface area (Å²) in [5, 5.41) is 0. The van der Waals surface area contributed by atoms with Crippen molar-refractivity contribution < 1.29 is 22.5 Å². The number of benzene rings is 2. The molecule has 32 heavy (non-hydrogen) atoms. The normalized spacial score (nSPS) is 17.6. The van der Waals surface area contributed by atoms with Crippen molar-refractivity contribution in [3.8, 4) is 16.9 Å². The van der Waals surface area contributed by atoms with Gasteiger partial charge in [-0.2, -0.15) is 0 Å². The summed E-state index contributed by atoms with van der Waals surface area (Å²) < 4.78 is 41.0. The van der Waals surface area contributed by atoms with Gasteiger partial charge in [-0.05, 0) is 94.7 Å². The zero-order valence-electron chi connectivity index (χ0n) is 20.5. The maximum atomic E-state index is 11.3. The molecule has 0 radical (unpaired) electrons. The molecule has 0 aromatic heterocycles. The highest BCUT2D eigenvalue weighted by atomic mass is 32.2. The first-order valence-electron chi connectivity index (χ1n) is 11.1. The Morgan fingerprint density at radius 3 is 2.00 bits per heavy atom. The van der Waals surface area contributed by atoms with Crippen molar-refractivity contribution in [1.29, 1.82) is 0 Å². The molecule has 0 amide bonds. The minimum absolute atomic E-state index is 0.133. The molecule has 0 unspecified atom stereocenters. The number of rotatable bonds is 7. The highest BCUT2D eigenvalue weighted by molar-refractivity contribution is 7.90. The van der Waals surface area contributed by atoms with Crippen LogP contribution in [0.2, 0.25) is 0 Å². The molecule has 1 fully saturated rings. The van der Waals surface area contributed by atoms with E-state index in [2.05, 4.69) is 66.7 Å². The van der Waals surface area contributed by atoms with E-state index < -0.39 is 17.0 Å². The number of ether oxygens (including phenoxy) is 1. The van der Waals surface area contributed by atoms with E-state index in [9.17, 15) is 8.42 Å². The molecule has 0 saturated carbocycles. The number of aryl methyl sites for hydroxylation is 3. The van der Waals surface area contributed by atoms with Crippen LogP contribution >= 0.6 is 0 Å². The van der Waals surface area contributed by atoms with Crippen molar-refractivity contribution in [3.05, 3.63) is 47.0 Å². The van der Waals surface area contributed by atoms with Crippen LogP contribution in [0.4, 0.5) is 0 Å². The summed E-state index contributed by atoms with van der Waals surface area (Å²) in [6, 6.07) is 10.4. The fourth-order valence-corrected chi connectivity index (χ4v) is 4.64. The van der Waals surface area contributed by atoms with E-state index in [0.29, 0.717) is 13.0 Å². The molecular formula is C25H35BO5S. The van der Waals surface area contributed by atoms with Gasteiger partial charge in [-0.15, -0.1) is 0 Å². The lowest BCUT2D eigenvalue weighted by molar-refractivity contribution is 0.00578. The van der Waals surface area contributed by atoms with Gasteiger partial charge in [-0.25, -0.2) is 8.42 Å². The second-order valence-electron chi connectivity index (χ2n) is 9.92. The first-order chi connectivity index (χ1) is 14.7. The summed E-state index contributed by atoms with van der Waals surface area (Å²) in [7, 11) is -3.37. The Kier molecular flexibility index (Phi) is 6.86. The number of sulfone groups is 1. The second kappa shape index (κ2) is 8.84. The van der Waals surface area contributed by atoms with Gasteiger partial charge in [0.15, 0.2) is 0 Å². The standard InChI is InChI=1S/C25H35BO5S/c1-17-10-11-20(16-22(17)26-30-24(4,5)25(6,7)31-26)23-18(2)14-21(15-19(23)3)29-12-9-13-32(8,27)28/h10-11,14-16H,9,12-13H2,1-8H3. The summed E-state index contributed by atoms with van der Waals surface area (Å²) >= 11 is 0. The fourth-order valence-electron chi connectivity index (χ4n) is 3.99. The van der Waals surface area contributed by atoms with Crippen LogP contribution in [0.25, 0.3) is 11.1 Å². The largest absolute Gasteiger partial charge is 0.495 e. The summed E-state index contributed by atoms with van der Waals surface area (Å²) in [6.07, 6.45) is 1.73. The molecule has 5 nitrogen and oxygen atoms in total. The van der Waals surface area contributed by atoms with Crippen molar-refractivity contribution in [3.63, 3.8) is 0 Å². The monoisotopic (exact) mass is 458 g/mol. The van der Waals surface area contributed by atoms with Crippen molar-refractivity contribution in [2.45, 2.75) is 66.1 Å². The molecule has 0 N–H and O–H groups in total. The molecule has 2 aromatic carbocycles. The molecule has 1 aliphatic heterocycles. The van der Waals surface area contributed by atoms with Gasteiger partial charge in [0.25, 0.3) is 0 Å². The van der Waals surface area contributed by atoms with Gasteiger partial charge in [0, 0.05) is 6.26 Å². The van der Waals surface area contributed by atoms with Crippen molar-refractivity contribution in [2.75, 3.05) is 18.6 Å². The van der Waals surface area contributed by atoms with Crippen LogP contribution in [0.15, 0.2) is 30.3 Å². The van der Waals surface area contributed by atoms with Crippen LogP contribution in [0.3, 0.4) is 0 Å². The van der Waals surface area contributed by atoms with E-state index in [1.165, 1.54) is 6.26 Å². The lowest BCUT2D eigenvalue weighted by Crippen LogP contribution is -2.41. The SMILES string of the molecule is Cc1ccc(-c2c(C)cc(OCCCS(C)(=O)=O)cc2C)cc1B1OC(C)(C)C(C)(C)O1. The topological polar surface area (TPSA) is 61.8 Å². The number of hydrogen-bond acceptors (Lipinski definition) is 5. The van der Waals surface area contributed by atoms with Crippen LogP contribution in [-0.4, -0.2) is 45.4 Å². The van der Waals surface area contributed by atoms with Crippen LogP contribution in [-0.2, 0) is 19.1 Å². The average Bonchev–Trinajstić information content (AvgIpc) is 2.86. The molecule has 2 aromatic rings. The highest BCUT2D eigenvalue weighted by Gasteiger charge is 2.52.